The lowest BCUT2D eigenvalue weighted by Gasteiger charge is -2.34. The third-order valence-corrected chi connectivity index (χ3v) is 3.58. The summed E-state index contributed by atoms with van der Waals surface area (Å²) in [6.45, 7) is 3.80. The van der Waals surface area contributed by atoms with Crippen LogP contribution in [-0.2, 0) is 14.3 Å². The molecule has 0 radical (unpaired) electrons. The Labute approximate surface area is 101 Å². The van der Waals surface area contributed by atoms with E-state index in [0.717, 1.165) is 32.3 Å². The van der Waals surface area contributed by atoms with E-state index in [9.17, 15) is 9.59 Å². The predicted octanol–water partition coefficient (Wildman–Crippen LogP) is 0.198. The van der Waals surface area contributed by atoms with Crippen LogP contribution in [0.2, 0.25) is 0 Å². The Kier molecular flexibility index (Phi) is 3.66. The van der Waals surface area contributed by atoms with Crippen molar-refractivity contribution < 1.29 is 14.3 Å². The fourth-order valence-electron chi connectivity index (χ4n) is 2.36. The highest BCUT2D eigenvalue weighted by atomic mass is 16.5. The average molecular weight is 240 g/mol. The molecule has 2 N–H and O–H groups in total. The summed E-state index contributed by atoms with van der Waals surface area (Å²) in [5, 5.41) is 5.62. The maximum Gasteiger partial charge on any atom is 0.242 e. The van der Waals surface area contributed by atoms with Crippen LogP contribution in [0.5, 0.6) is 0 Å². The molecule has 2 heterocycles. The summed E-state index contributed by atoms with van der Waals surface area (Å²) in [5.74, 6) is -0.121. The zero-order valence-corrected chi connectivity index (χ0v) is 10.3. The van der Waals surface area contributed by atoms with Gasteiger partial charge in [0.05, 0.1) is 12.0 Å². The quantitative estimate of drug-likeness (QED) is 0.724. The van der Waals surface area contributed by atoms with E-state index in [2.05, 4.69) is 10.6 Å². The molecule has 0 aromatic heterocycles. The van der Waals surface area contributed by atoms with Gasteiger partial charge in [0.25, 0.3) is 0 Å². The van der Waals surface area contributed by atoms with Crippen LogP contribution >= 0.6 is 0 Å². The molecular weight excluding hydrogens is 220 g/mol. The van der Waals surface area contributed by atoms with E-state index >= 15 is 0 Å². The second-order valence-corrected chi connectivity index (χ2v) is 5.18. The Balaban J connectivity index is 1.93. The van der Waals surface area contributed by atoms with Crippen LogP contribution in [0.1, 0.15) is 32.6 Å². The van der Waals surface area contributed by atoms with Gasteiger partial charge in [-0.2, -0.15) is 0 Å². The summed E-state index contributed by atoms with van der Waals surface area (Å²) in [5.41, 5.74) is -0.476. The molecule has 0 aromatic rings. The Morgan fingerprint density at radius 2 is 2.35 bits per heavy atom. The Hall–Kier alpha value is -1.10. The second-order valence-electron chi connectivity index (χ2n) is 5.18. The molecule has 17 heavy (non-hydrogen) atoms. The number of piperidine rings is 1. The van der Waals surface area contributed by atoms with Gasteiger partial charge in [0.1, 0.15) is 6.04 Å². The zero-order valence-electron chi connectivity index (χ0n) is 10.3. The lowest BCUT2D eigenvalue weighted by molar-refractivity contribution is -0.141. The molecular formula is C12H20N2O3. The highest BCUT2D eigenvalue weighted by molar-refractivity contribution is 5.90. The maximum atomic E-state index is 12.2. The predicted molar refractivity (Wildman–Crippen MR) is 62.3 cm³/mol. The minimum atomic E-state index is -0.476. The molecule has 2 aliphatic rings. The molecule has 5 heteroatoms. The first-order valence-electron chi connectivity index (χ1n) is 6.28. The second kappa shape index (κ2) is 5.04. The van der Waals surface area contributed by atoms with Crippen LogP contribution < -0.4 is 10.6 Å². The standard InChI is InChI=1S/C12H20N2O3/c1-12(5-3-7-17-8-12)11(16)14-9-4-2-6-13-10(9)15/h9H,2-8H2,1H3,(H,13,15)(H,14,16). The molecule has 2 fully saturated rings. The molecule has 0 aliphatic carbocycles. The highest BCUT2D eigenvalue weighted by Crippen LogP contribution is 2.28. The molecule has 2 unspecified atom stereocenters. The molecule has 0 bridgehead atoms. The largest absolute Gasteiger partial charge is 0.380 e. The normalized spacial score (nSPS) is 33.9. The number of nitrogens with one attached hydrogen (secondary N) is 2. The first-order chi connectivity index (χ1) is 8.12. The van der Waals surface area contributed by atoms with Crippen molar-refractivity contribution in [3.8, 4) is 0 Å². The molecule has 2 atom stereocenters. The van der Waals surface area contributed by atoms with Crippen LogP contribution in [0.4, 0.5) is 0 Å². The minimum absolute atomic E-state index is 0.0562. The number of hydrogen-bond acceptors (Lipinski definition) is 3. The number of rotatable bonds is 2. The molecule has 2 rings (SSSR count). The highest BCUT2D eigenvalue weighted by Gasteiger charge is 2.37. The first kappa shape index (κ1) is 12.4. The molecule has 0 saturated carbocycles. The van der Waals surface area contributed by atoms with Crippen molar-refractivity contribution in [1.29, 1.82) is 0 Å². The van der Waals surface area contributed by atoms with E-state index in [1.54, 1.807) is 0 Å². The van der Waals surface area contributed by atoms with Crippen molar-refractivity contribution in [3.05, 3.63) is 0 Å². The van der Waals surface area contributed by atoms with E-state index in [-0.39, 0.29) is 17.9 Å². The van der Waals surface area contributed by atoms with E-state index in [4.69, 9.17) is 4.74 Å². The summed E-state index contributed by atoms with van der Waals surface area (Å²) >= 11 is 0. The fourth-order valence-corrected chi connectivity index (χ4v) is 2.36. The van der Waals surface area contributed by atoms with E-state index in [1.807, 2.05) is 6.92 Å². The van der Waals surface area contributed by atoms with Crippen molar-refractivity contribution in [2.45, 2.75) is 38.6 Å². The molecule has 96 valence electrons. The van der Waals surface area contributed by atoms with Gasteiger partial charge in [0.15, 0.2) is 0 Å². The lowest BCUT2D eigenvalue weighted by atomic mass is 9.83. The summed E-state index contributed by atoms with van der Waals surface area (Å²) in [6.07, 6.45) is 3.38. The summed E-state index contributed by atoms with van der Waals surface area (Å²) < 4.78 is 5.36. The van der Waals surface area contributed by atoms with Crippen LogP contribution in [0.3, 0.4) is 0 Å². The summed E-state index contributed by atoms with van der Waals surface area (Å²) in [7, 11) is 0. The number of carbonyl (C=O) groups excluding carboxylic acids is 2. The zero-order chi connectivity index (χ0) is 12.3. The summed E-state index contributed by atoms with van der Waals surface area (Å²) in [4.78, 5) is 23.7. The van der Waals surface area contributed by atoms with Gasteiger partial charge in [-0.25, -0.2) is 0 Å². The third kappa shape index (κ3) is 2.77. The Bertz CT molecular complexity index is 311. The van der Waals surface area contributed by atoms with Crippen molar-refractivity contribution in [1.82, 2.24) is 10.6 Å². The van der Waals surface area contributed by atoms with Crippen molar-refractivity contribution in [3.63, 3.8) is 0 Å². The minimum Gasteiger partial charge on any atom is -0.380 e. The van der Waals surface area contributed by atoms with Gasteiger partial charge in [-0.15, -0.1) is 0 Å². The van der Waals surface area contributed by atoms with Gasteiger partial charge in [-0.3, -0.25) is 9.59 Å². The fraction of sp³-hybridized carbons (Fsp3) is 0.833. The maximum absolute atomic E-state index is 12.2. The van der Waals surface area contributed by atoms with Crippen LogP contribution in [0.15, 0.2) is 0 Å². The summed E-state index contributed by atoms with van der Waals surface area (Å²) in [6, 6.07) is -0.366. The Morgan fingerprint density at radius 1 is 1.53 bits per heavy atom. The third-order valence-electron chi connectivity index (χ3n) is 3.58. The van der Waals surface area contributed by atoms with Gasteiger partial charge in [0, 0.05) is 13.2 Å². The lowest BCUT2D eigenvalue weighted by Crippen LogP contribution is -2.54. The molecule has 0 spiro atoms. The van der Waals surface area contributed by atoms with Crippen molar-refractivity contribution in [2.24, 2.45) is 5.41 Å². The Morgan fingerprint density at radius 3 is 3.00 bits per heavy atom. The molecule has 2 saturated heterocycles. The smallest absolute Gasteiger partial charge is 0.242 e. The molecule has 2 amide bonds. The topological polar surface area (TPSA) is 67.4 Å². The molecule has 0 aromatic carbocycles. The number of hydrogen-bond donors (Lipinski definition) is 2. The van der Waals surface area contributed by atoms with Crippen molar-refractivity contribution in [2.75, 3.05) is 19.8 Å². The van der Waals surface area contributed by atoms with Gasteiger partial charge in [0.2, 0.25) is 11.8 Å². The van der Waals surface area contributed by atoms with E-state index < -0.39 is 5.41 Å². The monoisotopic (exact) mass is 240 g/mol. The van der Waals surface area contributed by atoms with Crippen LogP contribution in [-0.4, -0.2) is 37.6 Å². The van der Waals surface area contributed by atoms with Gasteiger partial charge < -0.3 is 15.4 Å². The first-order valence-corrected chi connectivity index (χ1v) is 6.28. The number of carbonyl (C=O) groups is 2. The van der Waals surface area contributed by atoms with Crippen LogP contribution in [0.25, 0.3) is 0 Å². The van der Waals surface area contributed by atoms with E-state index in [1.165, 1.54) is 0 Å². The van der Waals surface area contributed by atoms with Gasteiger partial charge in [-0.1, -0.05) is 0 Å². The average Bonchev–Trinajstić information content (AvgIpc) is 2.33. The van der Waals surface area contributed by atoms with Gasteiger partial charge >= 0.3 is 0 Å². The van der Waals surface area contributed by atoms with E-state index in [0.29, 0.717) is 13.2 Å². The molecule has 2 aliphatic heterocycles. The SMILES string of the molecule is CC1(C(=O)NC2CCCNC2=O)CCCOC1. The van der Waals surface area contributed by atoms with Crippen LogP contribution in [0, 0.1) is 5.41 Å². The number of amides is 2. The van der Waals surface area contributed by atoms with Gasteiger partial charge in [-0.05, 0) is 32.6 Å². The van der Waals surface area contributed by atoms with Crippen molar-refractivity contribution >= 4 is 11.8 Å². The number of ether oxygens (including phenoxy) is 1. The molecule has 5 nitrogen and oxygen atoms in total.